The molecule has 1 heterocycles. The van der Waals surface area contributed by atoms with E-state index in [2.05, 4.69) is 10.3 Å². The number of imide groups is 2. The fraction of sp³-hybridized carbons (Fsp3) is 0.333. The molecule has 0 unspecified atom stereocenters. The summed E-state index contributed by atoms with van der Waals surface area (Å²) in [6.07, 6.45) is 3.47. The lowest BCUT2D eigenvalue weighted by molar-refractivity contribution is -0.469. The molecule has 1 aliphatic heterocycles. The third kappa shape index (κ3) is 3.03. The molecule has 2 aliphatic rings. The summed E-state index contributed by atoms with van der Waals surface area (Å²) in [4.78, 5) is 39.9. The molecule has 2 fully saturated rings. The van der Waals surface area contributed by atoms with Crippen molar-refractivity contribution in [1.29, 1.82) is 0 Å². The number of benzene rings is 1. The first-order valence-corrected chi connectivity index (χ1v) is 7.04. The normalized spacial score (nSPS) is 22.3. The van der Waals surface area contributed by atoms with Crippen LogP contribution >= 0.6 is 0 Å². The Morgan fingerprint density at radius 1 is 1.23 bits per heavy atom. The number of carbonyl (C=O) groups excluding carboxylic acids is 3. The third-order valence-electron chi connectivity index (χ3n) is 3.62. The van der Waals surface area contributed by atoms with Gasteiger partial charge in [-0.25, -0.2) is 14.2 Å². The number of carbonyl (C=O) groups is 3. The highest BCUT2D eigenvalue weighted by molar-refractivity contribution is 6.22. The Hall–Kier alpha value is -2.57. The molecule has 1 aromatic carbocycles. The van der Waals surface area contributed by atoms with Crippen molar-refractivity contribution in [3.05, 3.63) is 35.6 Å². The molecule has 0 aromatic heterocycles. The van der Waals surface area contributed by atoms with Gasteiger partial charge in [0.05, 0.1) is 6.54 Å². The fourth-order valence-corrected chi connectivity index (χ4v) is 2.18. The van der Waals surface area contributed by atoms with Crippen LogP contribution in [0.25, 0.3) is 0 Å². The van der Waals surface area contributed by atoms with Gasteiger partial charge in [0.15, 0.2) is 18.2 Å². The van der Waals surface area contributed by atoms with Gasteiger partial charge in [0, 0.05) is 12.8 Å². The summed E-state index contributed by atoms with van der Waals surface area (Å²) in [6, 6.07) is 5.05. The first-order chi connectivity index (χ1) is 10.5. The number of nitrogens with one attached hydrogen (secondary N) is 2. The van der Waals surface area contributed by atoms with Crippen molar-refractivity contribution in [2.24, 2.45) is 5.92 Å². The molecule has 1 aliphatic carbocycles. The Balaban J connectivity index is 1.76. The minimum absolute atomic E-state index is 0.00794. The van der Waals surface area contributed by atoms with Crippen molar-refractivity contribution in [1.82, 2.24) is 10.2 Å². The van der Waals surface area contributed by atoms with Crippen molar-refractivity contribution in [2.45, 2.75) is 25.4 Å². The fourth-order valence-electron chi connectivity index (χ4n) is 2.18. The van der Waals surface area contributed by atoms with Crippen LogP contribution in [0.5, 0.6) is 0 Å². The number of urea groups is 1. The summed E-state index contributed by atoms with van der Waals surface area (Å²) < 4.78 is 12.9. The van der Waals surface area contributed by atoms with Crippen LogP contribution in [0.4, 0.5) is 9.18 Å². The average Bonchev–Trinajstić information content (AvgIpc) is 3.29. The number of barbiturate groups is 1. The van der Waals surface area contributed by atoms with Crippen LogP contribution < -0.4 is 10.3 Å². The molecule has 4 amide bonds. The zero-order chi connectivity index (χ0) is 15.7. The largest absolute Gasteiger partial charge is 0.331 e. The molecule has 1 atom stereocenters. The Morgan fingerprint density at radius 2 is 1.91 bits per heavy atom. The monoisotopic (exact) mass is 304 g/mol. The van der Waals surface area contributed by atoms with E-state index in [1.54, 1.807) is 0 Å². The smallest absolute Gasteiger partial charge is 0.276 e. The highest BCUT2D eigenvalue weighted by Crippen LogP contribution is 2.15. The Kier molecular flexibility index (Phi) is 3.70. The Morgan fingerprint density at radius 3 is 2.55 bits per heavy atom. The highest BCUT2D eigenvalue weighted by Gasteiger charge is 2.41. The predicted molar refractivity (Wildman–Crippen MR) is 74.0 cm³/mol. The van der Waals surface area contributed by atoms with Gasteiger partial charge in [-0.2, -0.15) is 0 Å². The first kappa shape index (κ1) is 14.4. The van der Waals surface area contributed by atoms with Crippen molar-refractivity contribution < 1.29 is 23.8 Å². The van der Waals surface area contributed by atoms with Crippen molar-refractivity contribution in [2.75, 3.05) is 0 Å². The van der Waals surface area contributed by atoms with E-state index >= 15 is 0 Å². The van der Waals surface area contributed by atoms with Crippen LogP contribution in [0.15, 0.2) is 24.3 Å². The van der Waals surface area contributed by atoms with Gasteiger partial charge in [-0.3, -0.25) is 19.8 Å². The van der Waals surface area contributed by atoms with E-state index in [9.17, 15) is 18.8 Å². The molecule has 1 aromatic rings. The molecule has 6 nitrogen and oxygen atoms in total. The predicted octanol–water partition coefficient (Wildman–Crippen LogP) is -0.666. The molecule has 7 heteroatoms. The summed E-state index contributed by atoms with van der Waals surface area (Å²) in [7, 11) is 0. The van der Waals surface area contributed by atoms with Gasteiger partial charge < -0.3 is 0 Å². The molecule has 3 rings (SSSR count). The van der Waals surface area contributed by atoms with Crippen LogP contribution in [0, 0.1) is 11.7 Å². The molecule has 0 spiro atoms. The maximum atomic E-state index is 12.9. The Bertz CT molecular complexity index is 653. The zero-order valence-corrected chi connectivity index (χ0v) is 11.7. The Labute approximate surface area is 126 Å². The molecule has 1 saturated heterocycles. The van der Waals surface area contributed by atoms with E-state index in [1.807, 2.05) is 0 Å². The van der Waals surface area contributed by atoms with Gasteiger partial charge in [-0.05, 0) is 17.7 Å². The third-order valence-corrected chi connectivity index (χ3v) is 3.62. The van der Waals surface area contributed by atoms with Crippen LogP contribution in [0.1, 0.15) is 18.4 Å². The first-order valence-electron chi connectivity index (χ1n) is 7.04. The van der Waals surface area contributed by atoms with Gasteiger partial charge in [0.25, 0.3) is 11.8 Å². The standard InChI is InChI=1S/C15H14FN3O3/c16-10-3-1-9(2-4-10)8-19-14(21)12(7-17-11-5-6-11)13(20)18-15(19)22/h1-4,7,11-12H,5-6,8H2,(H,18,20,22)/p+1/t12-/m1/s1. The molecule has 114 valence electrons. The number of amides is 4. The number of halogens is 1. The van der Waals surface area contributed by atoms with Crippen molar-refractivity contribution in [3.63, 3.8) is 0 Å². The maximum Gasteiger partial charge on any atom is 0.331 e. The van der Waals surface area contributed by atoms with Crippen LogP contribution in [-0.2, 0) is 16.1 Å². The molecular formula is C15H15FN3O3+. The highest BCUT2D eigenvalue weighted by atomic mass is 19.1. The SMILES string of the molecule is O=C1NC(=O)N(Cc2ccc(F)cc2)C(=O)[C@@H]1C=[NH+]C1CC1. The van der Waals surface area contributed by atoms with Crippen LogP contribution in [0.3, 0.4) is 0 Å². The lowest BCUT2D eigenvalue weighted by atomic mass is 10.1. The second kappa shape index (κ2) is 5.67. The van der Waals surface area contributed by atoms with E-state index in [1.165, 1.54) is 30.5 Å². The van der Waals surface area contributed by atoms with Crippen molar-refractivity contribution in [3.8, 4) is 0 Å². The number of rotatable bonds is 4. The summed E-state index contributed by atoms with van der Waals surface area (Å²) in [5.41, 5.74) is 0.605. The van der Waals surface area contributed by atoms with Crippen LogP contribution in [-0.4, -0.2) is 35.0 Å². The number of hydrogen-bond donors (Lipinski definition) is 2. The number of hydrogen-bond acceptors (Lipinski definition) is 3. The molecule has 22 heavy (non-hydrogen) atoms. The minimum Gasteiger partial charge on any atom is -0.276 e. The van der Waals surface area contributed by atoms with E-state index in [4.69, 9.17) is 0 Å². The van der Waals surface area contributed by atoms with Crippen molar-refractivity contribution >= 4 is 24.1 Å². The van der Waals surface area contributed by atoms with E-state index in [-0.39, 0.29) is 6.54 Å². The molecule has 2 N–H and O–H groups in total. The second-order valence-electron chi connectivity index (χ2n) is 5.43. The molecule has 0 radical (unpaired) electrons. The van der Waals surface area contributed by atoms with E-state index in [0.29, 0.717) is 11.6 Å². The topological polar surface area (TPSA) is 80.5 Å². The molecule has 1 saturated carbocycles. The van der Waals surface area contributed by atoms with Gasteiger partial charge in [0.1, 0.15) is 5.82 Å². The summed E-state index contributed by atoms with van der Waals surface area (Å²) >= 11 is 0. The summed E-state index contributed by atoms with van der Waals surface area (Å²) in [5.74, 6) is -2.63. The lowest BCUT2D eigenvalue weighted by Crippen LogP contribution is -2.74. The van der Waals surface area contributed by atoms with Gasteiger partial charge in [0.2, 0.25) is 0 Å². The summed E-state index contributed by atoms with van der Waals surface area (Å²) in [6.45, 7) is -0.00794. The molecular weight excluding hydrogens is 289 g/mol. The quantitative estimate of drug-likeness (QED) is 0.572. The van der Waals surface area contributed by atoms with Gasteiger partial charge in [-0.15, -0.1) is 0 Å². The summed E-state index contributed by atoms with van der Waals surface area (Å²) in [5, 5.41) is 2.17. The van der Waals surface area contributed by atoms with Crippen LogP contribution in [0.2, 0.25) is 0 Å². The average molecular weight is 304 g/mol. The lowest BCUT2D eigenvalue weighted by Gasteiger charge is -2.27. The maximum absolute atomic E-state index is 12.9. The van der Waals surface area contributed by atoms with Gasteiger partial charge in [-0.1, -0.05) is 12.1 Å². The van der Waals surface area contributed by atoms with E-state index < -0.39 is 29.6 Å². The van der Waals surface area contributed by atoms with Gasteiger partial charge >= 0.3 is 6.03 Å². The minimum atomic E-state index is -1.03. The van der Waals surface area contributed by atoms with E-state index in [0.717, 1.165) is 17.7 Å². The molecule has 0 bridgehead atoms. The second-order valence-corrected chi connectivity index (χ2v) is 5.43. The zero-order valence-electron chi connectivity index (χ0n) is 11.7. The number of nitrogens with zero attached hydrogens (tertiary/aromatic N) is 1.